The van der Waals surface area contributed by atoms with Gasteiger partial charge >= 0.3 is 5.69 Å². The molecule has 0 spiro atoms. The van der Waals surface area contributed by atoms with Crippen LogP contribution in [0.15, 0.2) is 28.0 Å². The summed E-state index contributed by atoms with van der Waals surface area (Å²) in [4.78, 5) is 41.7. The van der Waals surface area contributed by atoms with Crippen molar-refractivity contribution in [1.82, 2.24) is 24.0 Å². The quantitative estimate of drug-likeness (QED) is 0.231. The molecule has 0 aliphatic heterocycles. The summed E-state index contributed by atoms with van der Waals surface area (Å²) in [7, 11) is 8.20. The number of imidazole rings is 1. The summed E-state index contributed by atoms with van der Waals surface area (Å²) < 4.78 is 20.6. The Balaban J connectivity index is 1.23. The molecule has 1 N–H and O–H groups in total. The molecule has 0 aliphatic carbocycles. The van der Waals surface area contributed by atoms with Crippen LogP contribution in [0.4, 0.5) is 0 Å². The predicted octanol–water partition coefficient (Wildman–Crippen LogP) is 3.72. The van der Waals surface area contributed by atoms with E-state index in [1.165, 1.54) is 9.13 Å². The highest BCUT2D eigenvalue weighted by Gasteiger charge is 2.15. The fourth-order valence-electron chi connectivity index (χ4n) is 5.10. The monoisotopic (exact) mass is 571 g/mol. The van der Waals surface area contributed by atoms with Crippen molar-refractivity contribution in [3.63, 3.8) is 0 Å². The number of methoxy groups -OCH3 is 3. The van der Waals surface area contributed by atoms with Crippen molar-refractivity contribution < 1.29 is 19.0 Å². The van der Waals surface area contributed by atoms with Gasteiger partial charge in [0.15, 0.2) is 22.7 Å². The smallest absolute Gasteiger partial charge is 0.332 e. The minimum atomic E-state index is -0.316. The number of aryl methyl sites for hydroxylation is 3. The van der Waals surface area contributed by atoms with Crippen LogP contribution < -0.4 is 30.8 Å². The van der Waals surface area contributed by atoms with Gasteiger partial charge in [0.05, 0.1) is 27.7 Å². The zero-order chi connectivity index (χ0) is 29.8. The van der Waals surface area contributed by atoms with Crippen LogP contribution in [0, 0.1) is 0 Å². The lowest BCUT2D eigenvalue weighted by molar-refractivity contribution is -0.121. The molecule has 226 valence electrons. The number of rotatable bonds is 18. The number of ether oxygens (including phenoxy) is 3. The zero-order valence-corrected chi connectivity index (χ0v) is 25.2. The molecule has 0 radical (unpaired) electrons. The molecule has 0 saturated heterocycles. The summed E-state index contributed by atoms with van der Waals surface area (Å²) in [5.41, 5.74) is 1.35. The van der Waals surface area contributed by atoms with E-state index in [9.17, 15) is 14.4 Å². The average Bonchev–Trinajstić information content (AvgIpc) is 3.37. The van der Waals surface area contributed by atoms with Gasteiger partial charge in [0.25, 0.3) is 5.56 Å². The fraction of sp³-hybridized carbons (Fsp3) is 0.600. The molecule has 0 fully saturated rings. The molecule has 2 aromatic heterocycles. The highest BCUT2D eigenvalue weighted by atomic mass is 16.5. The summed E-state index contributed by atoms with van der Waals surface area (Å²) in [5, 5.41) is 3.02. The number of amides is 1. The number of nitrogens with zero attached hydrogens (tertiary/aromatic N) is 4. The van der Waals surface area contributed by atoms with Gasteiger partial charge in [-0.05, 0) is 43.4 Å². The standard InChI is InChI=1S/C30H45N5O6/c1-33-21-32-28-26(33)29(37)35(30(38)34(28)2)18-13-11-9-7-6-8-10-12-16-25(36)31-17-14-15-22-19-23(39-3)27(41-5)24(20-22)40-4/h19-21H,6-18H2,1-5H3,(H,31,36). The first-order chi connectivity index (χ1) is 19.8. The van der Waals surface area contributed by atoms with Gasteiger partial charge in [0.2, 0.25) is 11.7 Å². The third-order valence-electron chi connectivity index (χ3n) is 7.43. The Morgan fingerprint density at radius 2 is 1.46 bits per heavy atom. The van der Waals surface area contributed by atoms with Crippen LogP contribution in [-0.4, -0.2) is 52.5 Å². The summed E-state index contributed by atoms with van der Waals surface area (Å²) in [5.74, 6) is 1.94. The number of nitrogens with one attached hydrogen (secondary N) is 1. The van der Waals surface area contributed by atoms with E-state index in [0.29, 0.717) is 47.9 Å². The van der Waals surface area contributed by atoms with Crippen molar-refractivity contribution in [2.75, 3.05) is 27.9 Å². The number of unbranched alkanes of at least 4 members (excludes halogenated alkanes) is 7. The lowest BCUT2D eigenvalue weighted by Gasteiger charge is -2.14. The lowest BCUT2D eigenvalue weighted by Crippen LogP contribution is -2.39. The van der Waals surface area contributed by atoms with E-state index in [2.05, 4.69) is 10.3 Å². The molecule has 11 nitrogen and oxygen atoms in total. The van der Waals surface area contributed by atoms with Gasteiger partial charge in [-0.2, -0.15) is 0 Å². The second kappa shape index (κ2) is 15.9. The molecular formula is C30H45N5O6. The van der Waals surface area contributed by atoms with Crippen molar-refractivity contribution in [2.45, 2.75) is 77.2 Å². The second-order valence-electron chi connectivity index (χ2n) is 10.4. The van der Waals surface area contributed by atoms with Crippen LogP contribution >= 0.6 is 0 Å². The van der Waals surface area contributed by atoms with Gasteiger partial charge in [-0.15, -0.1) is 0 Å². The second-order valence-corrected chi connectivity index (χ2v) is 10.4. The number of fused-ring (bicyclic) bond motifs is 1. The number of hydrogen-bond acceptors (Lipinski definition) is 7. The lowest BCUT2D eigenvalue weighted by atomic mass is 10.1. The predicted molar refractivity (Wildman–Crippen MR) is 159 cm³/mol. The van der Waals surface area contributed by atoms with Crippen molar-refractivity contribution >= 4 is 17.1 Å². The summed E-state index contributed by atoms with van der Waals surface area (Å²) in [6, 6.07) is 3.88. The Kier molecular flexibility index (Phi) is 12.3. The van der Waals surface area contributed by atoms with Crippen LogP contribution in [-0.2, 0) is 31.9 Å². The van der Waals surface area contributed by atoms with Gasteiger partial charge in [0, 0.05) is 33.6 Å². The molecule has 41 heavy (non-hydrogen) atoms. The first-order valence-corrected chi connectivity index (χ1v) is 14.5. The van der Waals surface area contributed by atoms with Crippen molar-refractivity contribution in [3.05, 3.63) is 44.9 Å². The molecule has 0 saturated carbocycles. The summed E-state index contributed by atoms with van der Waals surface area (Å²) >= 11 is 0. The number of aromatic nitrogens is 4. The molecule has 0 aliphatic rings. The van der Waals surface area contributed by atoms with E-state index in [-0.39, 0.29) is 17.2 Å². The zero-order valence-electron chi connectivity index (χ0n) is 25.2. The van der Waals surface area contributed by atoms with Crippen LogP contribution in [0.2, 0.25) is 0 Å². The Morgan fingerprint density at radius 1 is 0.854 bits per heavy atom. The molecular weight excluding hydrogens is 526 g/mol. The minimum Gasteiger partial charge on any atom is -0.493 e. The topological polar surface area (TPSA) is 119 Å². The average molecular weight is 572 g/mol. The molecule has 3 aromatic rings. The largest absolute Gasteiger partial charge is 0.493 e. The van der Waals surface area contributed by atoms with E-state index in [1.54, 1.807) is 46.3 Å². The van der Waals surface area contributed by atoms with Gasteiger partial charge in [-0.25, -0.2) is 9.78 Å². The Hall–Kier alpha value is -3.76. The maximum Gasteiger partial charge on any atom is 0.332 e. The highest BCUT2D eigenvalue weighted by molar-refractivity contribution is 5.75. The maximum absolute atomic E-state index is 12.7. The van der Waals surface area contributed by atoms with E-state index < -0.39 is 0 Å². The first kappa shape index (κ1) is 31.8. The number of benzene rings is 1. The Bertz CT molecular complexity index is 1380. The fourth-order valence-corrected chi connectivity index (χ4v) is 5.10. The van der Waals surface area contributed by atoms with E-state index in [0.717, 1.165) is 69.8 Å². The van der Waals surface area contributed by atoms with Crippen LogP contribution in [0.25, 0.3) is 11.2 Å². The third-order valence-corrected chi connectivity index (χ3v) is 7.43. The number of carbonyl (C=O) groups excluding carboxylic acids is 1. The van der Waals surface area contributed by atoms with Crippen molar-refractivity contribution in [3.8, 4) is 17.2 Å². The maximum atomic E-state index is 12.7. The van der Waals surface area contributed by atoms with Crippen molar-refractivity contribution in [1.29, 1.82) is 0 Å². The van der Waals surface area contributed by atoms with Gasteiger partial charge < -0.3 is 24.1 Å². The first-order valence-electron chi connectivity index (χ1n) is 14.5. The molecule has 1 amide bonds. The van der Waals surface area contributed by atoms with E-state index in [1.807, 2.05) is 12.1 Å². The van der Waals surface area contributed by atoms with Crippen LogP contribution in [0.5, 0.6) is 17.2 Å². The van der Waals surface area contributed by atoms with Gasteiger partial charge in [-0.1, -0.05) is 38.5 Å². The molecule has 2 heterocycles. The summed E-state index contributed by atoms with van der Waals surface area (Å²) in [6.07, 6.45) is 11.8. The third kappa shape index (κ3) is 8.37. The van der Waals surface area contributed by atoms with E-state index in [4.69, 9.17) is 14.2 Å². The van der Waals surface area contributed by atoms with Crippen LogP contribution in [0.3, 0.4) is 0 Å². The van der Waals surface area contributed by atoms with E-state index >= 15 is 0 Å². The minimum absolute atomic E-state index is 0.0978. The molecule has 0 unspecified atom stereocenters. The SMILES string of the molecule is COc1cc(CCCNC(=O)CCCCCCCCCCn2c(=O)c3c(ncn3C)n(C)c2=O)cc(OC)c1OC. The molecule has 0 atom stereocenters. The Labute approximate surface area is 241 Å². The summed E-state index contributed by atoms with van der Waals surface area (Å²) in [6.45, 7) is 1.05. The van der Waals surface area contributed by atoms with Gasteiger partial charge in [-0.3, -0.25) is 18.7 Å². The van der Waals surface area contributed by atoms with Gasteiger partial charge in [0.1, 0.15) is 0 Å². The molecule has 11 heteroatoms. The normalized spacial score (nSPS) is 11.1. The number of hydrogen-bond donors (Lipinski definition) is 1. The molecule has 1 aromatic carbocycles. The van der Waals surface area contributed by atoms with Crippen LogP contribution in [0.1, 0.15) is 69.8 Å². The van der Waals surface area contributed by atoms with Crippen molar-refractivity contribution in [2.24, 2.45) is 14.1 Å². The molecule has 0 bridgehead atoms. The number of carbonyl (C=O) groups is 1. The highest BCUT2D eigenvalue weighted by Crippen LogP contribution is 2.38. The molecule has 3 rings (SSSR count). The Morgan fingerprint density at radius 3 is 2.07 bits per heavy atom.